The van der Waals surface area contributed by atoms with Crippen LogP contribution in [0, 0.1) is 0 Å². The average Bonchev–Trinajstić information content (AvgIpc) is 3.29. The molecule has 0 amide bonds. The van der Waals surface area contributed by atoms with Crippen molar-refractivity contribution >= 4 is 44.1 Å². The predicted octanol–water partition coefficient (Wildman–Crippen LogP) is 6.20. The summed E-state index contributed by atoms with van der Waals surface area (Å²) < 4.78 is 1.11. The highest BCUT2D eigenvalue weighted by atomic mass is 32.1. The van der Waals surface area contributed by atoms with Gasteiger partial charge in [-0.3, -0.25) is 5.43 Å². The first-order valence-corrected chi connectivity index (χ1v) is 12.2. The van der Waals surface area contributed by atoms with Crippen LogP contribution >= 0.6 is 11.3 Å². The smallest absolute Gasteiger partial charge is 0.354 e. The summed E-state index contributed by atoms with van der Waals surface area (Å²) in [5.74, 6) is -0.869. The Hall–Kier alpha value is -3.78. The van der Waals surface area contributed by atoms with Crippen LogP contribution in [0.25, 0.3) is 21.5 Å². The Morgan fingerprint density at radius 2 is 2.06 bits per heavy atom. The lowest BCUT2D eigenvalue weighted by molar-refractivity contribution is 0.0688. The number of nitrogens with one attached hydrogen (secondary N) is 2. The number of aromatic carboxylic acids is 1. The molecule has 3 N–H and O–H groups in total. The Morgan fingerprint density at radius 1 is 1.21 bits per heavy atom. The molecule has 0 fully saturated rings. The largest absolute Gasteiger partial charge is 0.477 e. The SMILES string of the molecule is CCC(C)c1ccc(-c2ccc3c(c2)/C(=N/Nc2nc4ccccc4s2)CCN3)nc1C(=O)O. The van der Waals surface area contributed by atoms with Gasteiger partial charge in [0.15, 0.2) is 5.69 Å². The molecule has 34 heavy (non-hydrogen) atoms. The normalized spacial score (nSPS) is 15.1. The van der Waals surface area contributed by atoms with E-state index in [9.17, 15) is 9.90 Å². The van der Waals surface area contributed by atoms with Crippen molar-refractivity contribution in [3.8, 4) is 11.3 Å². The number of carboxylic acid groups (broad SMARTS) is 1. The van der Waals surface area contributed by atoms with E-state index in [1.165, 1.54) is 0 Å². The van der Waals surface area contributed by atoms with Gasteiger partial charge in [0.25, 0.3) is 0 Å². The first-order chi connectivity index (χ1) is 16.5. The molecule has 1 aliphatic rings. The van der Waals surface area contributed by atoms with Gasteiger partial charge in [0.05, 0.1) is 21.6 Å². The van der Waals surface area contributed by atoms with Crippen LogP contribution in [-0.2, 0) is 0 Å². The van der Waals surface area contributed by atoms with Crippen molar-refractivity contribution in [1.29, 1.82) is 0 Å². The summed E-state index contributed by atoms with van der Waals surface area (Å²) in [7, 11) is 0. The standard InChI is InChI=1S/C26H25N5O2S/c1-3-15(2)17-9-11-19(28-24(17)25(32)33)16-8-10-20-18(14-16)21(12-13-27-20)30-31-26-29-22-6-4-5-7-23(22)34-26/h4-11,14-15,27H,3,12-13H2,1-2H3,(H,29,31)(H,32,33)/b30-21+. The van der Waals surface area contributed by atoms with Gasteiger partial charge in [0, 0.05) is 29.8 Å². The molecule has 1 atom stereocenters. The summed E-state index contributed by atoms with van der Waals surface area (Å²) >= 11 is 1.57. The Kier molecular flexibility index (Phi) is 5.98. The van der Waals surface area contributed by atoms with E-state index in [0.29, 0.717) is 5.69 Å². The average molecular weight is 472 g/mol. The second-order valence-corrected chi connectivity index (χ2v) is 9.37. The minimum absolute atomic E-state index is 0.120. The quantitative estimate of drug-likeness (QED) is 0.290. The van der Waals surface area contributed by atoms with Crippen LogP contribution in [0.15, 0.2) is 59.7 Å². The van der Waals surface area contributed by atoms with Crippen LogP contribution < -0.4 is 10.7 Å². The van der Waals surface area contributed by atoms with Crippen molar-refractivity contribution in [2.45, 2.75) is 32.6 Å². The maximum Gasteiger partial charge on any atom is 0.354 e. The van der Waals surface area contributed by atoms with Crippen molar-refractivity contribution in [3.63, 3.8) is 0 Å². The van der Waals surface area contributed by atoms with E-state index in [1.54, 1.807) is 11.3 Å². The molecular formula is C26H25N5O2S. The number of nitrogens with zero attached hydrogens (tertiary/aromatic N) is 3. The number of fused-ring (bicyclic) bond motifs is 2. The molecule has 0 bridgehead atoms. The molecule has 0 radical (unpaired) electrons. The number of hydrogen-bond acceptors (Lipinski definition) is 7. The third kappa shape index (κ3) is 4.24. The summed E-state index contributed by atoms with van der Waals surface area (Å²) in [6.45, 7) is 4.86. The maximum absolute atomic E-state index is 11.9. The number of aromatic nitrogens is 2. The van der Waals surface area contributed by atoms with Gasteiger partial charge in [-0.25, -0.2) is 14.8 Å². The summed E-state index contributed by atoms with van der Waals surface area (Å²) in [5, 5.41) is 18.6. The molecule has 172 valence electrons. The van der Waals surface area contributed by atoms with E-state index in [1.807, 2.05) is 68.4 Å². The molecule has 2 aromatic carbocycles. The second kappa shape index (κ2) is 9.23. The molecule has 5 rings (SSSR count). The van der Waals surface area contributed by atoms with Crippen LogP contribution in [-0.4, -0.2) is 33.3 Å². The lowest BCUT2D eigenvalue weighted by Gasteiger charge is -2.21. The van der Waals surface area contributed by atoms with Crippen LogP contribution in [0.1, 0.15) is 54.2 Å². The third-order valence-electron chi connectivity index (χ3n) is 6.16. The van der Waals surface area contributed by atoms with Gasteiger partial charge >= 0.3 is 5.97 Å². The molecule has 0 aliphatic carbocycles. The maximum atomic E-state index is 11.9. The molecule has 3 heterocycles. The van der Waals surface area contributed by atoms with Crippen molar-refractivity contribution < 1.29 is 9.90 Å². The fourth-order valence-electron chi connectivity index (χ4n) is 4.12. The number of hydrogen-bond donors (Lipinski definition) is 3. The Morgan fingerprint density at radius 3 is 2.85 bits per heavy atom. The van der Waals surface area contributed by atoms with Gasteiger partial charge in [0.2, 0.25) is 5.13 Å². The molecule has 7 nitrogen and oxygen atoms in total. The van der Waals surface area contributed by atoms with Crippen LogP contribution in [0.5, 0.6) is 0 Å². The number of rotatable bonds is 6. The number of hydrazone groups is 1. The number of pyridine rings is 1. The van der Waals surface area contributed by atoms with Gasteiger partial charge in [0.1, 0.15) is 0 Å². The second-order valence-electron chi connectivity index (χ2n) is 8.34. The Bertz CT molecular complexity index is 1380. The van der Waals surface area contributed by atoms with Gasteiger partial charge in [-0.2, -0.15) is 5.10 Å². The zero-order valence-electron chi connectivity index (χ0n) is 19.0. The fraction of sp³-hybridized carbons (Fsp3) is 0.231. The summed E-state index contributed by atoms with van der Waals surface area (Å²) in [6, 6.07) is 17.8. The van der Waals surface area contributed by atoms with Gasteiger partial charge in [-0.15, -0.1) is 0 Å². The van der Waals surface area contributed by atoms with E-state index in [-0.39, 0.29) is 11.6 Å². The Labute approximate surface area is 201 Å². The number of anilines is 2. The zero-order chi connectivity index (χ0) is 23.7. The van der Waals surface area contributed by atoms with E-state index < -0.39 is 5.97 Å². The monoisotopic (exact) mass is 471 g/mol. The van der Waals surface area contributed by atoms with Gasteiger partial charge < -0.3 is 10.4 Å². The van der Waals surface area contributed by atoms with Crippen LogP contribution in [0.2, 0.25) is 0 Å². The van der Waals surface area contributed by atoms with E-state index >= 15 is 0 Å². The predicted molar refractivity (Wildman–Crippen MR) is 138 cm³/mol. The lowest BCUT2D eigenvalue weighted by Crippen LogP contribution is -2.20. The molecule has 1 unspecified atom stereocenters. The first-order valence-electron chi connectivity index (χ1n) is 11.3. The van der Waals surface area contributed by atoms with Gasteiger partial charge in [-0.1, -0.05) is 49.4 Å². The molecule has 1 aliphatic heterocycles. The van der Waals surface area contributed by atoms with E-state index in [4.69, 9.17) is 0 Å². The van der Waals surface area contributed by atoms with Crippen molar-refractivity contribution in [1.82, 2.24) is 9.97 Å². The van der Waals surface area contributed by atoms with Gasteiger partial charge in [-0.05, 0) is 48.2 Å². The number of carbonyl (C=O) groups is 1. The molecule has 4 aromatic rings. The summed E-state index contributed by atoms with van der Waals surface area (Å²) in [6.07, 6.45) is 1.61. The highest BCUT2D eigenvalue weighted by molar-refractivity contribution is 7.22. The molecule has 8 heteroatoms. The van der Waals surface area contributed by atoms with Crippen LogP contribution in [0.4, 0.5) is 10.8 Å². The zero-order valence-corrected chi connectivity index (χ0v) is 19.8. The summed E-state index contributed by atoms with van der Waals surface area (Å²) in [4.78, 5) is 21.0. The highest BCUT2D eigenvalue weighted by Gasteiger charge is 2.20. The highest BCUT2D eigenvalue weighted by Crippen LogP contribution is 2.31. The number of thiazole rings is 1. The molecule has 2 aromatic heterocycles. The van der Waals surface area contributed by atoms with Crippen molar-refractivity contribution in [2.75, 3.05) is 17.3 Å². The Balaban J connectivity index is 1.48. The first kappa shape index (κ1) is 22.0. The molecule has 0 saturated carbocycles. The van der Waals surface area contributed by atoms with Crippen molar-refractivity contribution in [2.24, 2.45) is 5.10 Å². The fourth-order valence-corrected chi connectivity index (χ4v) is 4.93. The molecule has 0 saturated heterocycles. The topological polar surface area (TPSA) is 99.5 Å². The minimum atomic E-state index is -1.00. The number of benzene rings is 2. The molecule has 0 spiro atoms. The number of carboxylic acids is 1. The van der Waals surface area contributed by atoms with Crippen molar-refractivity contribution in [3.05, 3.63) is 71.4 Å². The minimum Gasteiger partial charge on any atom is -0.477 e. The molecular weight excluding hydrogens is 446 g/mol. The lowest BCUT2D eigenvalue weighted by atomic mass is 9.94. The van der Waals surface area contributed by atoms with E-state index in [2.05, 4.69) is 25.8 Å². The third-order valence-corrected chi connectivity index (χ3v) is 7.10. The number of para-hydroxylation sites is 1. The van der Waals surface area contributed by atoms with Crippen LogP contribution in [0.3, 0.4) is 0 Å². The van der Waals surface area contributed by atoms with E-state index in [0.717, 1.165) is 62.8 Å². The summed E-state index contributed by atoms with van der Waals surface area (Å²) in [5.41, 5.74) is 9.34.